The smallest absolute Gasteiger partial charge is 0.127 e. The molecule has 0 fully saturated rings. The first-order chi connectivity index (χ1) is 13.2. The number of hydrogen-bond donors (Lipinski definition) is 0. The Morgan fingerprint density at radius 2 is 1.59 bits per heavy atom. The second-order valence-electron chi connectivity index (χ2n) is 5.98. The second kappa shape index (κ2) is 7.82. The van der Waals surface area contributed by atoms with Crippen LogP contribution in [0.3, 0.4) is 0 Å². The molecule has 0 saturated heterocycles. The summed E-state index contributed by atoms with van der Waals surface area (Å²) in [5.74, 6) is 1.57. The molecule has 0 spiro atoms. The lowest BCUT2D eigenvalue weighted by atomic mass is 10.1. The topological polar surface area (TPSA) is 39.9 Å². The molecule has 0 N–H and O–H groups in total. The van der Waals surface area contributed by atoms with Crippen LogP contribution in [0.15, 0.2) is 79.0 Å². The molecule has 1 aromatic heterocycles. The average molecular weight is 396 g/mol. The minimum absolute atomic E-state index is 0.502. The van der Waals surface area contributed by atoms with Gasteiger partial charge in [-0.3, -0.25) is 0 Å². The molecule has 0 bridgehead atoms. The summed E-state index contributed by atoms with van der Waals surface area (Å²) in [6.07, 6.45) is 1.88. The molecule has 0 aliphatic carbocycles. The van der Waals surface area contributed by atoms with Gasteiger partial charge >= 0.3 is 0 Å². The van der Waals surface area contributed by atoms with Crippen LogP contribution in [0.4, 0.5) is 0 Å². The largest absolute Gasteiger partial charge is 0.457 e. The molecule has 4 aromatic rings. The maximum atomic E-state index is 6.22. The van der Waals surface area contributed by atoms with Gasteiger partial charge in [-0.25, -0.2) is 4.68 Å². The summed E-state index contributed by atoms with van der Waals surface area (Å²) in [6.45, 7) is 0.502. The van der Waals surface area contributed by atoms with Crippen LogP contribution in [0.1, 0.15) is 5.56 Å². The highest BCUT2D eigenvalue weighted by atomic mass is 35.5. The highest BCUT2D eigenvalue weighted by Crippen LogP contribution is 2.25. The van der Waals surface area contributed by atoms with Crippen LogP contribution >= 0.6 is 23.2 Å². The van der Waals surface area contributed by atoms with Crippen molar-refractivity contribution in [2.24, 2.45) is 0 Å². The average Bonchev–Trinajstić information content (AvgIpc) is 3.15. The van der Waals surface area contributed by atoms with Crippen LogP contribution in [0.25, 0.3) is 11.3 Å². The van der Waals surface area contributed by atoms with Gasteiger partial charge in [-0.15, -0.1) is 5.10 Å². The van der Waals surface area contributed by atoms with E-state index in [1.807, 2.05) is 66.9 Å². The Balaban J connectivity index is 1.49. The molecule has 1 heterocycles. The molecular weight excluding hydrogens is 381 g/mol. The summed E-state index contributed by atoms with van der Waals surface area (Å²) >= 11 is 12.3. The molecule has 4 rings (SSSR count). The van der Waals surface area contributed by atoms with E-state index in [0.717, 1.165) is 28.3 Å². The van der Waals surface area contributed by atoms with Gasteiger partial charge in [0.1, 0.15) is 17.2 Å². The number of hydrogen-bond acceptors (Lipinski definition) is 3. The Kier molecular flexibility index (Phi) is 5.10. The third-order valence-electron chi connectivity index (χ3n) is 4.01. The summed E-state index contributed by atoms with van der Waals surface area (Å²) in [5, 5.41) is 9.72. The molecule has 0 aliphatic heterocycles. The number of halogens is 2. The number of benzene rings is 3. The first-order valence-corrected chi connectivity index (χ1v) is 9.10. The Labute approximate surface area is 166 Å². The number of nitrogens with zero attached hydrogens (tertiary/aromatic N) is 3. The SMILES string of the molecule is Clc1ccc(Cl)c(Cn2cc(-c3ccc(Oc4ccccc4)cc3)nn2)c1. The zero-order valence-electron chi connectivity index (χ0n) is 14.2. The standard InChI is InChI=1S/C21H15Cl2N3O/c22-17-8-11-20(23)16(12-17)13-26-14-21(24-25-26)15-6-9-19(10-7-15)27-18-4-2-1-3-5-18/h1-12,14H,13H2. The summed E-state index contributed by atoms with van der Waals surface area (Å²) < 4.78 is 7.55. The fourth-order valence-electron chi connectivity index (χ4n) is 2.67. The molecule has 0 unspecified atom stereocenters. The lowest BCUT2D eigenvalue weighted by molar-refractivity contribution is 0.483. The van der Waals surface area contributed by atoms with Crippen molar-refractivity contribution in [2.75, 3.05) is 0 Å². The van der Waals surface area contributed by atoms with Gasteiger partial charge in [-0.2, -0.15) is 0 Å². The fourth-order valence-corrected chi connectivity index (χ4v) is 3.04. The minimum Gasteiger partial charge on any atom is -0.457 e. The number of rotatable bonds is 5. The number of ether oxygens (including phenoxy) is 1. The second-order valence-corrected chi connectivity index (χ2v) is 6.82. The van der Waals surface area contributed by atoms with Gasteiger partial charge < -0.3 is 4.74 Å². The zero-order chi connectivity index (χ0) is 18.6. The molecule has 134 valence electrons. The van der Waals surface area contributed by atoms with E-state index >= 15 is 0 Å². The highest BCUT2D eigenvalue weighted by molar-refractivity contribution is 6.33. The number of para-hydroxylation sites is 1. The maximum Gasteiger partial charge on any atom is 0.127 e. The Morgan fingerprint density at radius 1 is 0.852 bits per heavy atom. The van der Waals surface area contributed by atoms with E-state index in [0.29, 0.717) is 16.6 Å². The molecule has 6 heteroatoms. The van der Waals surface area contributed by atoms with Crippen molar-refractivity contribution in [1.82, 2.24) is 15.0 Å². The third kappa shape index (κ3) is 4.30. The normalized spacial score (nSPS) is 10.7. The molecule has 0 saturated carbocycles. The molecule has 0 amide bonds. The fraction of sp³-hybridized carbons (Fsp3) is 0.0476. The van der Waals surface area contributed by atoms with E-state index < -0.39 is 0 Å². The van der Waals surface area contributed by atoms with Crippen molar-refractivity contribution in [3.05, 3.63) is 94.6 Å². The van der Waals surface area contributed by atoms with Crippen LogP contribution in [-0.2, 0) is 6.54 Å². The van der Waals surface area contributed by atoms with Crippen molar-refractivity contribution >= 4 is 23.2 Å². The number of aromatic nitrogens is 3. The van der Waals surface area contributed by atoms with Gasteiger partial charge in [0.15, 0.2) is 0 Å². The quantitative estimate of drug-likeness (QED) is 0.410. The molecular formula is C21H15Cl2N3O. The Hall–Kier alpha value is -2.82. The van der Waals surface area contributed by atoms with Gasteiger partial charge in [0.2, 0.25) is 0 Å². The van der Waals surface area contributed by atoms with Crippen LogP contribution in [-0.4, -0.2) is 15.0 Å². The van der Waals surface area contributed by atoms with Crippen molar-refractivity contribution in [1.29, 1.82) is 0 Å². The van der Waals surface area contributed by atoms with E-state index in [1.54, 1.807) is 16.8 Å². The first kappa shape index (κ1) is 17.6. The predicted molar refractivity (Wildman–Crippen MR) is 108 cm³/mol. The van der Waals surface area contributed by atoms with Gasteiger partial charge in [0.25, 0.3) is 0 Å². The van der Waals surface area contributed by atoms with Crippen LogP contribution in [0, 0.1) is 0 Å². The van der Waals surface area contributed by atoms with Gasteiger partial charge in [-0.1, -0.05) is 46.6 Å². The molecule has 3 aromatic carbocycles. The summed E-state index contributed by atoms with van der Waals surface area (Å²) in [7, 11) is 0. The van der Waals surface area contributed by atoms with Crippen LogP contribution in [0.5, 0.6) is 11.5 Å². The van der Waals surface area contributed by atoms with E-state index in [4.69, 9.17) is 27.9 Å². The molecule has 4 nitrogen and oxygen atoms in total. The van der Waals surface area contributed by atoms with Gasteiger partial charge in [0.05, 0.1) is 12.7 Å². The van der Waals surface area contributed by atoms with Crippen molar-refractivity contribution in [3.63, 3.8) is 0 Å². The van der Waals surface area contributed by atoms with Crippen LogP contribution in [0.2, 0.25) is 10.0 Å². The monoisotopic (exact) mass is 395 g/mol. The third-order valence-corrected chi connectivity index (χ3v) is 4.61. The molecule has 0 atom stereocenters. The lowest BCUT2D eigenvalue weighted by Crippen LogP contribution is -2.01. The maximum absolute atomic E-state index is 6.22. The summed E-state index contributed by atoms with van der Waals surface area (Å²) in [4.78, 5) is 0. The van der Waals surface area contributed by atoms with E-state index in [2.05, 4.69) is 10.3 Å². The summed E-state index contributed by atoms with van der Waals surface area (Å²) in [5.41, 5.74) is 2.63. The van der Waals surface area contributed by atoms with Gasteiger partial charge in [0, 0.05) is 15.6 Å². The zero-order valence-corrected chi connectivity index (χ0v) is 15.7. The van der Waals surface area contributed by atoms with Crippen LogP contribution < -0.4 is 4.74 Å². The van der Waals surface area contributed by atoms with Gasteiger partial charge in [-0.05, 0) is 60.2 Å². The lowest BCUT2D eigenvalue weighted by Gasteiger charge is -2.05. The predicted octanol–water partition coefficient (Wildman–Crippen LogP) is 6.09. The highest BCUT2D eigenvalue weighted by Gasteiger charge is 2.08. The van der Waals surface area contributed by atoms with Crippen molar-refractivity contribution in [3.8, 4) is 22.8 Å². The first-order valence-electron chi connectivity index (χ1n) is 8.35. The minimum atomic E-state index is 0.502. The Morgan fingerprint density at radius 3 is 2.37 bits per heavy atom. The van der Waals surface area contributed by atoms with E-state index in [9.17, 15) is 0 Å². The Bertz CT molecular complexity index is 1050. The van der Waals surface area contributed by atoms with Crippen molar-refractivity contribution < 1.29 is 4.74 Å². The van der Waals surface area contributed by atoms with Crippen molar-refractivity contribution in [2.45, 2.75) is 6.54 Å². The summed E-state index contributed by atoms with van der Waals surface area (Å²) in [6, 6.07) is 22.8. The van der Waals surface area contributed by atoms with E-state index in [1.165, 1.54) is 0 Å². The molecule has 27 heavy (non-hydrogen) atoms. The molecule has 0 aliphatic rings. The van der Waals surface area contributed by atoms with E-state index in [-0.39, 0.29) is 0 Å². The molecule has 0 radical (unpaired) electrons.